The summed E-state index contributed by atoms with van der Waals surface area (Å²) in [5.74, 6) is 0.0976. The lowest BCUT2D eigenvalue weighted by Crippen LogP contribution is -2.57. The van der Waals surface area contributed by atoms with Gasteiger partial charge in [0.25, 0.3) is 11.6 Å². The Morgan fingerprint density at radius 2 is 2.05 bits per heavy atom. The number of nitrogens with zero attached hydrogens (tertiary/aromatic N) is 2. The van der Waals surface area contributed by atoms with Crippen LogP contribution < -0.4 is 15.4 Å². The highest BCUT2D eigenvalue weighted by Crippen LogP contribution is 2.40. The molecule has 1 amide bonds. The smallest absolute Gasteiger partial charge is 0.273 e. The third kappa shape index (κ3) is 2.97. The van der Waals surface area contributed by atoms with Crippen LogP contribution in [0.3, 0.4) is 0 Å². The van der Waals surface area contributed by atoms with Crippen molar-refractivity contribution in [2.75, 3.05) is 11.4 Å². The zero-order valence-corrected chi connectivity index (χ0v) is 12.5. The summed E-state index contributed by atoms with van der Waals surface area (Å²) in [6.45, 7) is 7.19. The molecular formula is C14H19N3O4. The quantitative estimate of drug-likeness (QED) is 0.677. The summed E-state index contributed by atoms with van der Waals surface area (Å²) in [6.07, 6.45) is 0. The van der Waals surface area contributed by atoms with Crippen LogP contribution in [0, 0.1) is 10.1 Å². The number of nitro groups is 1. The van der Waals surface area contributed by atoms with Crippen LogP contribution in [0.5, 0.6) is 5.75 Å². The number of nitrogens with two attached hydrogens (primary N) is 1. The molecule has 0 fully saturated rings. The molecule has 7 nitrogen and oxygen atoms in total. The van der Waals surface area contributed by atoms with E-state index in [2.05, 4.69) is 0 Å². The van der Waals surface area contributed by atoms with Crippen molar-refractivity contribution in [2.45, 2.75) is 38.8 Å². The van der Waals surface area contributed by atoms with Gasteiger partial charge in [0.2, 0.25) is 0 Å². The number of non-ortho nitro benzene ring substituents is 1. The number of carbonyl (C=O) groups is 1. The van der Waals surface area contributed by atoms with Gasteiger partial charge in [-0.05, 0) is 33.8 Å². The van der Waals surface area contributed by atoms with E-state index in [1.807, 2.05) is 13.8 Å². The normalized spacial score (nSPS) is 17.2. The maximum absolute atomic E-state index is 12.5. The second-order valence-electron chi connectivity index (χ2n) is 6.40. The Hall–Kier alpha value is -2.15. The van der Waals surface area contributed by atoms with Gasteiger partial charge in [-0.1, -0.05) is 0 Å². The van der Waals surface area contributed by atoms with Crippen LogP contribution in [0.25, 0.3) is 0 Å². The van der Waals surface area contributed by atoms with Gasteiger partial charge in [0.15, 0.2) is 11.4 Å². The SMILES string of the molecule is CC(C)(N)CN1C(=O)C(C)(C)Oc2cc([N+](=O)[O-])ccc21. The first-order valence-corrected chi connectivity index (χ1v) is 6.59. The summed E-state index contributed by atoms with van der Waals surface area (Å²) in [4.78, 5) is 24.4. The van der Waals surface area contributed by atoms with Gasteiger partial charge in [-0.15, -0.1) is 0 Å². The molecule has 0 radical (unpaired) electrons. The molecule has 21 heavy (non-hydrogen) atoms. The average molecular weight is 293 g/mol. The second-order valence-corrected chi connectivity index (χ2v) is 6.40. The molecule has 1 aliphatic heterocycles. The summed E-state index contributed by atoms with van der Waals surface area (Å²) in [7, 11) is 0. The van der Waals surface area contributed by atoms with E-state index in [4.69, 9.17) is 10.5 Å². The number of hydrogen-bond acceptors (Lipinski definition) is 5. The predicted molar refractivity (Wildman–Crippen MR) is 78.4 cm³/mol. The molecule has 0 saturated carbocycles. The number of ether oxygens (including phenoxy) is 1. The van der Waals surface area contributed by atoms with E-state index >= 15 is 0 Å². The van der Waals surface area contributed by atoms with Crippen molar-refractivity contribution >= 4 is 17.3 Å². The second kappa shape index (κ2) is 4.70. The summed E-state index contributed by atoms with van der Waals surface area (Å²) >= 11 is 0. The number of benzene rings is 1. The number of carbonyl (C=O) groups excluding carboxylic acids is 1. The van der Waals surface area contributed by atoms with E-state index in [1.165, 1.54) is 23.1 Å². The van der Waals surface area contributed by atoms with Crippen molar-refractivity contribution < 1.29 is 14.5 Å². The minimum absolute atomic E-state index is 0.0779. The van der Waals surface area contributed by atoms with Crippen molar-refractivity contribution in [1.29, 1.82) is 0 Å². The van der Waals surface area contributed by atoms with Gasteiger partial charge in [0.1, 0.15) is 0 Å². The molecule has 0 unspecified atom stereocenters. The lowest BCUT2D eigenvalue weighted by atomic mass is 9.99. The molecule has 1 heterocycles. The zero-order valence-electron chi connectivity index (χ0n) is 12.5. The Balaban J connectivity index is 2.52. The van der Waals surface area contributed by atoms with Gasteiger partial charge in [-0.2, -0.15) is 0 Å². The van der Waals surface area contributed by atoms with Gasteiger partial charge in [-0.3, -0.25) is 14.9 Å². The molecule has 0 spiro atoms. The molecule has 1 aromatic rings. The summed E-state index contributed by atoms with van der Waals surface area (Å²) in [5.41, 5.74) is 4.75. The van der Waals surface area contributed by atoms with Gasteiger partial charge in [-0.25, -0.2) is 0 Å². The third-order valence-electron chi connectivity index (χ3n) is 3.14. The van der Waals surface area contributed by atoms with Gasteiger partial charge in [0, 0.05) is 18.2 Å². The monoisotopic (exact) mass is 293 g/mol. The van der Waals surface area contributed by atoms with Crippen LogP contribution in [-0.4, -0.2) is 28.5 Å². The van der Waals surface area contributed by atoms with E-state index in [9.17, 15) is 14.9 Å². The molecule has 1 aromatic carbocycles. The fourth-order valence-electron chi connectivity index (χ4n) is 2.24. The Morgan fingerprint density at radius 1 is 1.43 bits per heavy atom. The highest BCUT2D eigenvalue weighted by atomic mass is 16.6. The zero-order chi connectivity index (χ0) is 16.0. The molecule has 0 aromatic heterocycles. The first-order chi connectivity index (χ1) is 9.51. The Morgan fingerprint density at radius 3 is 2.57 bits per heavy atom. The number of rotatable bonds is 3. The standard InChI is InChI=1S/C14H19N3O4/c1-13(2,15)8-16-10-6-5-9(17(19)20)7-11(10)21-14(3,4)12(16)18/h5-7H,8,15H2,1-4H3. The van der Waals surface area contributed by atoms with Crippen LogP contribution in [-0.2, 0) is 4.79 Å². The molecule has 0 saturated heterocycles. The molecule has 0 atom stereocenters. The molecular weight excluding hydrogens is 274 g/mol. The molecule has 2 rings (SSSR count). The van der Waals surface area contributed by atoms with Crippen LogP contribution in [0.15, 0.2) is 18.2 Å². The Kier molecular flexibility index (Phi) is 3.41. The summed E-state index contributed by atoms with van der Waals surface area (Å²) < 4.78 is 5.63. The third-order valence-corrected chi connectivity index (χ3v) is 3.14. The van der Waals surface area contributed by atoms with Gasteiger partial charge in [0.05, 0.1) is 16.7 Å². The highest BCUT2D eigenvalue weighted by Gasteiger charge is 2.42. The molecule has 0 aliphatic carbocycles. The van der Waals surface area contributed by atoms with E-state index in [-0.39, 0.29) is 11.6 Å². The van der Waals surface area contributed by atoms with Gasteiger partial charge < -0.3 is 15.4 Å². The highest BCUT2D eigenvalue weighted by molar-refractivity contribution is 6.02. The van der Waals surface area contributed by atoms with E-state index in [1.54, 1.807) is 13.8 Å². The van der Waals surface area contributed by atoms with E-state index in [0.29, 0.717) is 18.0 Å². The minimum Gasteiger partial charge on any atom is -0.476 e. The number of amides is 1. The number of anilines is 1. The molecule has 1 aliphatic rings. The summed E-state index contributed by atoms with van der Waals surface area (Å²) in [6, 6.07) is 4.21. The molecule has 114 valence electrons. The topological polar surface area (TPSA) is 98.7 Å². The average Bonchev–Trinajstić information content (AvgIpc) is 2.32. The lowest BCUT2D eigenvalue weighted by molar-refractivity contribution is -0.385. The predicted octanol–water partition coefficient (Wildman–Crippen LogP) is 1.84. The van der Waals surface area contributed by atoms with Crippen molar-refractivity contribution in [3.05, 3.63) is 28.3 Å². The van der Waals surface area contributed by atoms with Gasteiger partial charge >= 0.3 is 0 Å². The first-order valence-electron chi connectivity index (χ1n) is 6.59. The number of hydrogen-bond donors (Lipinski definition) is 1. The van der Waals surface area contributed by atoms with Crippen molar-refractivity contribution in [3.63, 3.8) is 0 Å². The maximum Gasteiger partial charge on any atom is 0.273 e. The molecule has 2 N–H and O–H groups in total. The lowest BCUT2D eigenvalue weighted by Gasteiger charge is -2.41. The Bertz CT molecular complexity index is 605. The molecule has 0 bridgehead atoms. The van der Waals surface area contributed by atoms with Crippen molar-refractivity contribution in [1.82, 2.24) is 0 Å². The van der Waals surface area contributed by atoms with Crippen molar-refractivity contribution in [3.8, 4) is 5.75 Å². The van der Waals surface area contributed by atoms with Crippen molar-refractivity contribution in [2.24, 2.45) is 5.73 Å². The van der Waals surface area contributed by atoms with E-state index in [0.717, 1.165) is 0 Å². The largest absolute Gasteiger partial charge is 0.476 e. The van der Waals surface area contributed by atoms with Crippen LogP contribution in [0.2, 0.25) is 0 Å². The molecule has 7 heteroatoms. The van der Waals surface area contributed by atoms with Crippen LogP contribution in [0.1, 0.15) is 27.7 Å². The number of nitro benzene ring substituents is 1. The minimum atomic E-state index is -1.09. The fraction of sp³-hybridized carbons (Fsp3) is 0.500. The van der Waals surface area contributed by atoms with Crippen LogP contribution in [0.4, 0.5) is 11.4 Å². The maximum atomic E-state index is 12.5. The fourth-order valence-corrected chi connectivity index (χ4v) is 2.24. The first kappa shape index (κ1) is 15.2. The Labute approximate surface area is 122 Å². The number of fused-ring (bicyclic) bond motifs is 1. The van der Waals surface area contributed by atoms with Crippen LogP contribution >= 0.6 is 0 Å². The van der Waals surface area contributed by atoms with E-state index < -0.39 is 16.1 Å². The summed E-state index contributed by atoms with van der Waals surface area (Å²) in [5, 5.41) is 10.9.